The van der Waals surface area contributed by atoms with E-state index in [1.54, 1.807) is 48.3 Å². The van der Waals surface area contributed by atoms with Crippen LogP contribution in [0.4, 0.5) is 11.4 Å². The van der Waals surface area contributed by atoms with Crippen molar-refractivity contribution in [2.45, 2.75) is 19.4 Å². The van der Waals surface area contributed by atoms with Gasteiger partial charge in [-0.15, -0.1) is 0 Å². The van der Waals surface area contributed by atoms with E-state index in [2.05, 4.69) is 5.32 Å². The van der Waals surface area contributed by atoms with E-state index in [4.69, 9.17) is 5.73 Å². The average Bonchev–Trinajstić information content (AvgIpc) is 2.73. The van der Waals surface area contributed by atoms with E-state index < -0.39 is 0 Å². The van der Waals surface area contributed by atoms with E-state index >= 15 is 0 Å². The standard InChI is InChI=1S/C14H18N4O2/c1-17-9-10-18(14(17)20)8-2-3-13(19)16-12-6-4-11(15)5-7-12/h4-7,9-10H,2-3,8,15H2,1H3,(H,16,19). The van der Waals surface area contributed by atoms with E-state index in [0.29, 0.717) is 25.1 Å². The number of nitrogens with one attached hydrogen (secondary N) is 1. The number of amides is 1. The topological polar surface area (TPSA) is 82.1 Å². The van der Waals surface area contributed by atoms with Crippen LogP contribution < -0.4 is 16.7 Å². The van der Waals surface area contributed by atoms with Crippen molar-refractivity contribution < 1.29 is 4.79 Å². The van der Waals surface area contributed by atoms with Gasteiger partial charge < -0.3 is 15.6 Å². The molecule has 1 amide bonds. The molecule has 0 bridgehead atoms. The van der Waals surface area contributed by atoms with Gasteiger partial charge >= 0.3 is 5.69 Å². The van der Waals surface area contributed by atoms with Gasteiger partial charge in [0.25, 0.3) is 0 Å². The first-order valence-electron chi connectivity index (χ1n) is 6.43. The Bertz CT molecular complexity index is 640. The molecule has 1 aromatic carbocycles. The second-order valence-corrected chi connectivity index (χ2v) is 4.66. The summed E-state index contributed by atoms with van der Waals surface area (Å²) < 4.78 is 3.10. The minimum Gasteiger partial charge on any atom is -0.399 e. The van der Waals surface area contributed by atoms with Crippen LogP contribution in [-0.2, 0) is 18.4 Å². The van der Waals surface area contributed by atoms with Gasteiger partial charge in [0.05, 0.1) is 0 Å². The normalized spacial score (nSPS) is 10.4. The van der Waals surface area contributed by atoms with Crippen molar-refractivity contribution in [1.82, 2.24) is 9.13 Å². The molecule has 106 valence electrons. The molecule has 0 fully saturated rings. The maximum atomic E-state index is 11.7. The minimum atomic E-state index is -0.0706. The van der Waals surface area contributed by atoms with Crippen LogP contribution in [0.2, 0.25) is 0 Å². The number of nitrogen functional groups attached to an aromatic ring is 1. The highest BCUT2D eigenvalue weighted by atomic mass is 16.2. The number of benzene rings is 1. The molecular weight excluding hydrogens is 256 g/mol. The molecule has 0 spiro atoms. The third kappa shape index (κ3) is 3.50. The molecule has 2 aromatic rings. The third-order valence-corrected chi connectivity index (χ3v) is 3.01. The van der Waals surface area contributed by atoms with Gasteiger partial charge in [-0.05, 0) is 30.7 Å². The molecular formula is C14H18N4O2. The zero-order valence-corrected chi connectivity index (χ0v) is 11.4. The minimum absolute atomic E-state index is 0.0658. The van der Waals surface area contributed by atoms with Crippen molar-refractivity contribution in [1.29, 1.82) is 0 Å². The lowest BCUT2D eigenvalue weighted by molar-refractivity contribution is -0.116. The molecule has 1 aromatic heterocycles. The number of aryl methyl sites for hydroxylation is 2. The van der Waals surface area contributed by atoms with Crippen LogP contribution in [0.5, 0.6) is 0 Å². The first-order chi connectivity index (χ1) is 9.56. The Kier molecular flexibility index (Phi) is 4.24. The molecule has 0 aliphatic heterocycles. The van der Waals surface area contributed by atoms with E-state index in [1.807, 2.05) is 0 Å². The van der Waals surface area contributed by atoms with E-state index in [1.165, 1.54) is 4.57 Å². The van der Waals surface area contributed by atoms with Gasteiger partial charge in [0.15, 0.2) is 0 Å². The summed E-state index contributed by atoms with van der Waals surface area (Å²) in [4.78, 5) is 23.3. The second-order valence-electron chi connectivity index (χ2n) is 4.66. The molecule has 0 aliphatic rings. The maximum absolute atomic E-state index is 11.7. The summed E-state index contributed by atoms with van der Waals surface area (Å²) in [5.41, 5.74) is 6.89. The number of nitrogens with zero attached hydrogens (tertiary/aromatic N) is 2. The lowest BCUT2D eigenvalue weighted by Gasteiger charge is -2.05. The zero-order chi connectivity index (χ0) is 14.5. The first-order valence-corrected chi connectivity index (χ1v) is 6.43. The van der Waals surface area contributed by atoms with Gasteiger partial charge in [0.2, 0.25) is 5.91 Å². The van der Waals surface area contributed by atoms with Gasteiger partial charge in [0, 0.05) is 43.8 Å². The van der Waals surface area contributed by atoms with Crippen LogP contribution >= 0.6 is 0 Å². The van der Waals surface area contributed by atoms with E-state index in [9.17, 15) is 9.59 Å². The Labute approximate surface area is 116 Å². The maximum Gasteiger partial charge on any atom is 0.327 e. The Morgan fingerprint density at radius 2 is 1.95 bits per heavy atom. The molecule has 0 saturated carbocycles. The number of imidazole rings is 1. The predicted octanol–water partition coefficient (Wildman–Crippen LogP) is 1.19. The van der Waals surface area contributed by atoms with Crippen LogP contribution in [-0.4, -0.2) is 15.0 Å². The lowest BCUT2D eigenvalue weighted by Crippen LogP contribution is -2.22. The zero-order valence-electron chi connectivity index (χ0n) is 11.4. The third-order valence-electron chi connectivity index (χ3n) is 3.01. The molecule has 20 heavy (non-hydrogen) atoms. The summed E-state index contributed by atoms with van der Waals surface area (Å²) in [6, 6.07) is 6.99. The van der Waals surface area contributed by atoms with Gasteiger partial charge in [-0.2, -0.15) is 0 Å². The highest BCUT2D eigenvalue weighted by Gasteiger charge is 2.04. The summed E-state index contributed by atoms with van der Waals surface area (Å²) in [6.07, 6.45) is 4.41. The van der Waals surface area contributed by atoms with Gasteiger partial charge in [0.1, 0.15) is 0 Å². The molecule has 0 aliphatic carbocycles. The average molecular weight is 274 g/mol. The molecule has 0 atom stereocenters. The molecule has 0 unspecified atom stereocenters. The Morgan fingerprint density at radius 1 is 1.25 bits per heavy atom. The SMILES string of the molecule is Cn1ccn(CCCC(=O)Nc2ccc(N)cc2)c1=O. The van der Waals surface area contributed by atoms with Crippen molar-refractivity contribution in [2.75, 3.05) is 11.1 Å². The molecule has 1 heterocycles. The summed E-state index contributed by atoms with van der Waals surface area (Å²) in [5, 5.41) is 2.79. The van der Waals surface area contributed by atoms with E-state index in [-0.39, 0.29) is 11.6 Å². The number of nitrogens with two attached hydrogens (primary N) is 1. The Morgan fingerprint density at radius 3 is 2.55 bits per heavy atom. The summed E-state index contributed by atoms with van der Waals surface area (Å²) in [7, 11) is 1.70. The lowest BCUT2D eigenvalue weighted by atomic mass is 10.2. The summed E-state index contributed by atoms with van der Waals surface area (Å²) >= 11 is 0. The van der Waals surface area contributed by atoms with Crippen molar-refractivity contribution in [3.63, 3.8) is 0 Å². The fourth-order valence-electron chi connectivity index (χ4n) is 1.88. The Hall–Kier alpha value is -2.50. The number of hydrogen-bond acceptors (Lipinski definition) is 3. The molecule has 2 rings (SSSR count). The smallest absolute Gasteiger partial charge is 0.327 e. The highest BCUT2D eigenvalue weighted by molar-refractivity contribution is 5.90. The predicted molar refractivity (Wildman–Crippen MR) is 78.4 cm³/mol. The Balaban J connectivity index is 1.79. The molecule has 3 N–H and O–H groups in total. The van der Waals surface area contributed by atoms with E-state index in [0.717, 1.165) is 5.69 Å². The number of carbonyl (C=O) groups excluding carboxylic acids is 1. The summed E-state index contributed by atoms with van der Waals surface area (Å²) in [5.74, 6) is -0.0706. The van der Waals surface area contributed by atoms with Crippen LogP contribution in [0.15, 0.2) is 41.5 Å². The van der Waals surface area contributed by atoms with Crippen LogP contribution in [0, 0.1) is 0 Å². The van der Waals surface area contributed by atoms with Crippen molar-refractivity contribution in [3.05, 3.63) is 47.1 Å². The van der Waals surface area contributed by atoms with Gasteiger partial charge in [-0.25, -0.2) is 4.79 Å². The molecule has 6 nitrogen and oxygen atoms in total. The fraction of sp³-hybridized carbons (Fsp3) is 0.286. The van der Waals surface area contributed by atoms with Crippen LogP contribution in [0.25, 0.3) is 0 Å². The largest absolute Gasteiger partial charge is 0.399 e. The quantitative estimate of drug-likeness (QED) is 0.803. The van der Waals surface area contributed by atoms with Crippen molar-refractivity contribution in [3.8, 4) is 0 Å². The van der Waals surface area contributed by atoms with Crippen LogP contribution in [0.3, 0.4) is 0 Å². The number of carbonyl (C=O) groups is 1. The van der Waals surface area contributed by atoms with Gasteiger partial charge in [-0.3, -0.25) is 9.36 Å². The molecule has 6 heteroatoms. The van der Waals surface area contributed by atoms with Crippen molar-refractivity contribution >= 4 is 17.3 Å². The number of aromatic nitrogens is 2. The summed E-state index contributed by atoms with van der Waals surface area (Å²) in [6.45, 7) is 0.537. The first kappa shape index (κ1) is 13.9. The van der Waals surface area contributed by atoms with Gasteiger partial charge in [-0.1, -0.05) is 0 Å². The highest BCUT2D eigenvalue weighted by Crippen LogP contribution is 2.11. The van der Waals surface area contributed by atoms with Crippen molar-refractivity contribution in [2.24, 2.45) is 7.05 Å². The second kappa shape index (κ2) is 6.10. The molecule has 0 radical (unpaired) electrons. The fourth-order valence-corrected chi connectivity index (χ4v) is 1.88. The monoisotopic (exact) mass is 274 g/mol. The number of rotatable bonds is 5. The number of anilines is 2. The number of hydrogen-bond donors (Lipinski definition) is 2. The molecule has 0 saturated heterocycles. The van der Waals surface area contributed by atoms with Crippen LogP contribution in [0.1, 0.15) is 12.8 Å².